The van der Waals surface area contributed by atoms with Crippen molar-refractivity contribution in [2.24, 2.45) is 0 Å². The number of carbonyl (C=O) groups excluding carboxylic acids is 1. The van der Waals surface area contributed by atoms with Crippen LogP contribution in [0.15, 0.2) is 42.5 Å². The van der Waals surface area contributed by atoms with Gasteiger partial charge in [0.2, 0.25) is 0 Å². The van der Waals surface area contributed by atoms with E-state index in [2.05, 4.69) is 10.3 Å². The van der Waals surface area contributed by atoms with Gasteiger partial charge in [0.05, 0.1) is 21.6 Å². The van der Waals surface area contributed by atoms with E-state index < -0.39 is 10.9 Å². The highest BCUT2D eigenvalue weighted by Gasteiger charge is 2.16. The Morgan fingerprint density at radius 1 is 1.29 bits per heavy atom. The summed E-state index contributed by atoms with van der Waals surface area (Å²) in [6, 6.07) is 11.1. The van der Waals surface area contributed by atoms with Crippen LogP contribution in [-0.4, -0.2) is 25.9 Å². The molecule has 0 N–H and O–H groups in total. The second kappa shape index (κ2) is 6.45. The first-order chi connectivity index (χ1) is 11.6. The number of benzene rings is 2. The minimum absolute atomic E-state index is 0.0772. The molecule has 0 saturated heterocycles. The zero-order valence-corrected chi connectivity index (χ0v) is 12.9. The maximum absolute atomic E-state index is 12.2. The molecule has 1 aromatic heterocycles. The topological polar surface area (TPSA) is 100 Å². The second-order valence-corrected chi connectivity index (χ2v) is 5.07. The monoisotopic (exact) mass is 326 g/mol. The van der Waals surface area contributed by atoms with Crippen LogP contribution in [0.4, 0.5) is 5.69 Å². The lowest BCUT2D eigenvalue weighted by molar-refractivity contribution is -0.385. The molecule has 0 bridgehead atoms. The van der Waals surface area contributed by atoms with Crippen molar-refractivity contribution in [3.05, 3.63) is 63.7 Å². The summed E-state index contributed by atoms with van der Waals surface area (Å²) in [5.74, 6) is -0.568. The van der Waals surface area contributed by atoms with E-state index in [1.54, 1.807) is 41.1 Å². The van der Waals surface area contributed by atoms with Crippen molar-refractivity contribution in [3.63, 3.8) is 0 Å². The van der Waals surface area contributed by atoms with Gasteiger partial charge in [-0.15, -0.1) is 5.10 Å². The Morgan fingerprint density at radius 3 is 2.83 bits per heavy atom. The Labute approximate surface area is 136 Å². The fraction of sp³-hybridized carbons (Fsp3) is 0.188. The van der Waals surface area contributed by atoms with Crippen molar-refractivity contribution in [3.8, 4) is 0 Å². The van der Waals surface area contributed by atoms with Gasteiger partial charge in [-0.05, 0) is 31.2 Å². The number of para-hydroxylation sites is 1. The molecule has 0 radical (unpaired) electrons. The minimum Gasteiger partial charge on any atom is -0.457 e. The van der Waals surface area contributed by atoms with E-state index in [9.17, 15) is 14.9 Å². The highest BCUT2D eigenvalue weighted by atomic mass is 16.6. The Bertz CT molecular complexity index is 919. The van der Waals surface area contributed by atoms with Crippen LogP contribution >= 0.6 is 0 Å². The van der Waals surface area contributed by atoms with Crippen molar-refractivity contribution >= 4 is 22.7 Å². The van der Waals surface area contributed by atoms with Gasteiger partial charge in [0.25, 0.3) is 5.69 Å². The number of carbonyl (C=O) groups is 1. The van der Waals surface area contributed by atoms with E-state index in [0.29, 0.717) is 23.2 Å². The maximum atomic E-state index is 12.2. The Hall–Kier alpha value is -3.29. The Morgan fingerprint density at radius 2 is 2.08 bits per heavy atom. The molecular formula is C16H14N4O4. The molecule has 24 heavy (non-hydrogen) atoms. The molecule has 1 heterocycles. The van der Waals surface area contributed by atoms with Gasteiger partial charge in [-0.3, -0.25) is 10.1 Å². The number of hydrogen-bond acceptors (Lipinski definition) is 6. The van der Waals surface area contributed by atoms with Crippen molar-refractivity contribution in [2.45, 2.75) is 20.1 Å². The molecule has 8 heteroatoms. The summed E-state index contributed by atoms with van der Waals surface area (Å²) in [5, 5.41) is 18.9. The number of esters is 1. The fourth-order valence-electron chi connectivity index (χ4n) is 2.37. The van der Waals surface area contributed by atoms with Crippen LogP contribution in [0.3, 0.4) is 0 Å². The van der Waals surface area contributed by atoms with Crippen LogP contribution in [0.1, 0.15) is 22.8 Å². The summed E-state index contributed by atoms with van der Waals surface area (Å²) in [6.45, 7) is 2.46. The minimum atomic E-state index is -0.568. The highest BCUT2D eigenvalue weighted by Crippen LogP contribution is 2.20. The molecule has 0 aliphatic rings. The van der Waals surface area contributed by atoms with Crippen LogP contribution in [0.2, 0.25) is 0 Å². The van der Waals surface area contributed by atoms with Crippen LogP contribution < -0.4 is 0 Å². The summed E-state index contributed by atoms with van der Waals surface area (Å²) in [6.07, 6.45) is 0. The number of rotatable bonds is 5. The molecule has 3 rings (SSSR count). The third kappa shape index (κ3) is 2.94. The second-order valence-electron chi connectivity index (χ2n) is 5.07. The van der Waals surface area contributed by atoms with Gasteiger partial charge in [-0.1, -0.05) is 17.3 Å². The van der Waals surface area contributed by atoms with E-state index in [0.717, 1.165) is 5.52 Å². The third-order valence-corrected chi connectivity index (χ3v) is 3.60. The van der Waals surface area contributed by atoms with E-state index in [4.69, 9.17) is 4.74 Å². The van der Waals surface area contributed by atoms with Crippen molar-refractivity contribution in [1.29, 1.82) is 0 Å². The average molecular weight is 326 g/mol. The smallest absolute Gasteiger partial charge is 0.338 e. The molecule has 0 spiro atoms. The van der Waals surface area contributed by atoms with Gasteiger partial charge in [-0.2, -0.15) is 0 Å². The number of hydrogen-bond donors (Lipinski definition) is 0. The SMILES string of the molecule is CCn1nnc2cc(C(=O)OCc3ccccc3[N+](=O)[O-])ccc21. The zero-order chi connectivity index (χ0) is 17.1. The van der Waals surface area contributed by atoms with Crippen LogP contribution in [0, 0.1) is 10.1 Å². The number of fused-ring (bicyclic) bond motifs is 1. The number of aryl methyl sites for hydroxylation is 1. The summed E-state index contributed by atoms with van der Waals surface area (Å²) >= 11 is 0. The Kier molecular flexibility index (Phi) is 4.19. The Balaban J connectivity index is 1.77. The fourth-order valence-corrected chi connectivity index (χ4v) is 2.37. The standard InChI is InChI=1S/C16H14N4O4/c1-2-19-15-8-7-11(9-13(15)17-18-19)16(21)24-10-12-5-3-4-6-14(12)20(22)23/h3-9H,2,10H2,1H3. The molecule has 0 aliphatic heterocycles. The summed E-state index contributed by atoms with van der Waals surface area (Å²) < 4.78 is 6.91. The number of nitro groups is 1. The third-order valence-electron chi connectivity index (χ3n) is 3.60. The predicted octanol–water partition coefficient (Wildman–Crippen LogP) is 2.72. The molecular weight excluding hydrogens is 312 g/mol. The van der Waals surface area contributed by atoms with Crippen LogP contribution in [0.5, 0.6) is 0 Å². The lowest BCUT2D eigenvalue weighted by atomic mass is 10.2. The van der Waals surface area contributed by atoms with Gasteiger partial charge < -0.3 is 4.74 Å². The van der Waals surface area contributed by atoms with Crippen molar-refractivity contribution in [2.75, 3.05) is 0 Å². The quantitative estimate of drug-likeness (QED) is 0.406. The van der Waals surface area contributed by atoms with Gasteiger partial charge in [0.1, 0.15) is 12.1 Å². The lowest BCUT2D eigenvalue weighted by Gasteiger charge is -2.06. The molecule has 0 aliphatic carbocycles. The van der Waals surface area contributed by atoms with Crippen molar-refractivity contribution in [1.82, 2.24) is 15.0 Å². The molecule has 122 valence electrons. The molecule has 0 unspecified atom stereocenters. The summed E-state index contributed by atoms with van der Waals surface area (Å²) in [7, 11) is 0. The average Bonchev–Trinajstić information content (AvgIpc) is 3.02. The van der Waals surface area contributed by atoms with E-state index in [1.165, 1.54) is 6.07 Å². The van der Waals surface area contributed by atoms with E-state index in [1.807, 2.05) is 6.92 Å². The largest absolute Gasteiger partial charge is 0.457 e. The number of ether oxygens (including phenoxy) is 1. The van der Waals surface area contributed by atoms with E-state index >= 15 is 0 Å². The first kappa shape index (κ1) is 15.6. The first-order valence-corrected chi connectivity index (χ1v) is 7.33. The zero-order valence-electron chi connectivity index (χ0n) is 12.9. The molecule has 8 nitrogen and oxygen atoms in total. The number of nitrogens with zero attached hydrogens (tertiary/aromatic N) is 4. The molecule has 0 atom stereocenters. The normalized spacial score (nSPS) is 10.7. The lowest BCUT2D eigenvalue weighted by Crippen LogP contribution is -2.06. The summed E-state index contributed by atoms with van der Waals surface area (Å²) in [4.78, 5) is 22.6. The van der Waals surface area contributed by atoms with Gasteiger partial charge in [0, 0.05) is 12.6 Å². The molecule has 3 aromatic rings. The predicted molar refractivity (Wildman–Crippen MR) is 85.4 cm³/mol. The number of nitro benzene ring substituents is 1. The number of aromatic nitrogens is 3. The molecule has 2 aromatic carbocycles. The van der Waals surface area contributed by atoms with Gasteiger partial charge >= 0.3 is 5.97 Å². The van der Waals surface area contributed by atoms with Crippen LogP contribution in [-0.2, 0) is 17.9 Å². The highest BCUT2D eigenvalue weighted by molar-refractivity contribution is 5.93. The maximum Gasteiger partial charge on any atom is 0.338 e. The van der Waals surface area contributed by atoms with Crippen molar-refractivity contribution < 1.29 is 14.5 Å². The first-order valence-electron chi connectivity index (χ1n) is 7.33. The summed E-state index contributed by atoms with van der Waals surface area (Å²) in [5.41, 5.74) is 2.01. The molecule has 0 fully saturated rings. The molecule has 0 amide bonds. The van der Waals surface area contributed by atoms with Gasteiger partial charge in [0.15, 0.2) is 0 Å². The van der Waals surface area contributed by atoms with Crippen LogP contribution in [0.25, 0.3) is 11.0 Å². The van der Waals surface area contributed by atoms with Gasteiger partial charge in [-0.25, -0.2) is 9.48 Å². The van der Waals surface area contributed by atoms with E-state index in [-0.39, 0.29) is 12.3 Å². The molecule has 0 saturated carbocycles.